The lowest BCUT2D eigenvalue weighted by molar-refractivity contribution is 0.483. The summed E-state index contributed by atoms with van der Waals surface area (Å²) in [6.07, 6.45) is 3.02. The van der Waals surface area contributed by atoms with E-state index in [0.29, 0.717) is 11.0 Å². The van der Waals surface area contributed by atoms with Crippen LogP contribution in [0, 0.1) is 5.82 Å². The fourth-order valence-electron chi connectivity index (χ4n) is 2.02. The van der Waals surface area contributed by atoms with Gasteiger partial charge >= 0.3 is 10.1 Å². The second kappa shape index (κ2) is 6.10. The van der Waals surface area contributed by atoms with Crippen LogP contribution < -0.4 is 4.18 Å². The van der Waals surface area contributed by atoms with E-state index in [1.54, 1.807) is 6.07 Å². The molecule has 0 bridgehead atoms. The summed E-state index contributed by atoms with van der Waals surface area (Å²) in [4.78, 5) is 8.14. The molecule has 0 aliphatic heterocycles. The molecule has 0 spiro atoms. The molecule has 0 atom stereocenters. The summed E-state index contributed by atoms with van der Waals surface area (Å²) in [7, 11) is -4.04. The van der Waals surface area contributed by atoms with Crippen molar-refractivity contribution in [1.29, 1.82) is 0 Å². The first-order chi connectivity index (χ1) is 10.9. The Hall–Kier alpha value is -2.25. The molecule has 3 rings (SSSR count). The predicted octanol–water partition coefficient (Wildman–Crippen LogP) is 3.33. The summed E-state index contributed by atoms with van der Waals surface area (Å²) in [6, 6.07) is 8.21. The van der Waals surface area contributed by atoms with Gasteiger partial charge in [0.2, 0.25) is 0 Å². The first-order valence-electron chi connectivity index (χ1n) is 6.50. The van der Waals surface area contributed by atoms with Crippen LogP contribution >= 0.6 is 11.6 Å². The Morgan fingerprint density at radius 2 is 1.78 bits per heavy atom. The van der Waals surface area contributed by atoms with Gasteiger partial charge in [-0.2, -0.15) is 8.42 Å². The van der Waals surface area contributed by atoms with Crippen LogP contribution in [0.4, 0.5) is 4.39 Å². The SMILES string of the molecule is O=S(=O)(Cc1cc(Cl)ccc1F)Oc1ccc2nccnc2c1. The lowest BCUT2D eigenvalue weighted by Crippen LogP contribution is -2.13. The molecule has 0 fully saturated rings. The van der Waals surface area contributed by atoms with Crippen molar-refractivity contribution in [2.75, 3.05) is 0 Å². The fraction of sp³-hybridized carbons (Fsp3) is 0.0667. The molecule has 5 nitrogen and oxygen atoms in total. The average Bonchev–Trinajstić information content (AvgIpc) is 2.50. The molecule has 1 aromatic heterocycles. The Labute approximate surface area is 136 Å². The van der Waals surface area contributed by atoms with Crippen molar-refractivity contribution in [2.24, 2.45) is 0 Å². The van der Waals surface area contributed by atoms with E-state index in [0.717, 1.165) is 6.07 Å². The van der Waals surface area contributed by atoms with Gasteiger partial charge in [-0.3, -0.25) is 9.97 Å². The molecule has 23 heavy (non-hydrogen) atoms. The van der Waals surface area contributed by atoms with Crippen molar-refractivity contribution >= 4 is 32.8 Å². The van der Waals surface area contributed by atoms with E-state index in [1.165, 1.54) is 36.7 Å². The Balaban J connectivity index is 1.86. The third-order valence-electron chi connectivity index (χ3n) is 3.00. The Kier molecular flexibility index (Phi) is 4.14. The minimum atomic E-state index is -4.04. The molecule has 0 aliphatic rings. The summed E-state index contributed by atoms with van der Waals surface area (Å²) in [5.41, 5.74) is 1.05. The van der Waals surface area contributed by atoms with Gasteiger partial charge in [-0.1, -0.05) is 11.6 Å². The van der Waals surface area contributed by atoms with Gasteiger partial charge < -0.3 is 4.18 Å². The number of halogens is 2. The molecule has 0 unspecified atom stereocenters. The van der Waals surface area contributed by atoms with E-state index in [-0.39, 0.29) is 16.3 Å². The van der Waals surface area contributed by atoms with Crippen LogP contribution in [0.5, 0.6) is 5.75 Å². The van der Waals surface area contributed by atoms with Crippen molar-refractivity contribution in [3.05, 3.63) is 65.2 Å². The van der Waals surface area contributed by atoms with Crippen LogP contribution in [0.3, 0.4) is 0 Å². The molecular weight excluding hydrogens is 343 g/mol. The highest BCUT2D eigenvalue weighted by Crippen LogP contribution is 2.22. The van der Waals surface area contributed by atoms with Crippen molar-refractivity contribution in [1.82, 2.24) is 9.97 Å². The van der Waals surface area contributed by atoms with Crippen molar-refractivity contribution in [3.8, 4) is 5.75 Å². The van der Waals surface area contributed by atoms with Crippen molar-refractivity contribution in [2.45, 2.75) is 5.75 Å². The third kappa shape index (κ3) is 3.75. The zero-order valence-electron chi connectivity index (χ0n) is 11.6. The van der Waals surface area contributed by atoms with Gasteiger partial charge in [0.15, 0.2) is 0 Å². The van der Waals surface area contributed by atoms with Gasteiger partial charge in [-0.05, 0) is 30.3 Å². The highest BCUT2D eigenvalue weighted by molar-refractivity contribution is 7.86. The predicted molar refractivity (Wildman–Crippen MR) is 84.2 cm³/mol. The van der Waals surface area contributed by atoms with Gasteiger partial charge in [-0.15, -0.1) is 0 Å². The molecule has 0 amide bonds. The van der Waals surface area contributed by atoms with Crippen LogP contribution in [0.1, 0.15) is 5.56 Å². The van der Waals surface area contributed by atoms with Gasteiger partial charge in [0.1, 0.15) is 17.3 Å². The Bertz CT molecular complexity index is 979. The van der Waals surface area contributed by atoms with Gasteiger partial charge in [0, 0.05) is 29.0 Å². The highest BCUT2D eigenvalue weighted by atomic mass is 35.5. The Morgan fingerprint density at radius 3 is 2.57 bits per heavy atom. The summed E-state index contributed by atoms with van der Waals surface area (Å²) < 4.78 is 42.9. The molecule has 0 radical (unpaired) electrons. The van der Waals surface area contributed by atoms with Crippen LogP contribution in [0.25, 0.3) is 11.0 Å². The largest absolute Gasteiger partial charge is 0.382 e. The van der Waals surface area contributed by atoms with E-state index >= 15 is 0 Å². The molecule has 0 N–H and O–H groups in total. The number of rotatable bonds is 4. The number of aromatic nitrogens is 2. The molecule has 1 heterocycles. The lowest BCUT2D eigenvalue weighted by Gasteiger charge is -2.08. The zero-order chi connectivity index (χ0) is 16.4. The summed E-state index contributed by atoms with van der Waals surface area (Å²) in [5, 5.41) is 0.248. The number of hydrogen-bond donors (Lipinski definition) is 0. The Morgan fingerprint density at radius 1 is 1.04 bits per heavy atom. The minimum Gasteiger partial charge on any atom is -0.382 e. The smallest absolute Gasteiger partial charge is 0.313 e. The molecule has 8 heteroatoms. The topological polar surface area (TPSA) is 69.2 Å². The maximum atomic E-state index is 13.7. The lowest BCUT2D eigenvalue weighted by atomic mass is 10.2. The fourth-order valence-corrected chi connectivity index (χ4v) is 3.27. The van der Waals surface area contributed by atoms with Crippen molar-refractivity contribution < 1.29 is 17.0 Å². The van der Waals surface area contributed by atoms with Crippen LogP contribution in [-0.2, 0) is 15.9 Å². The zero-order valence-corrected chi connectivity index (χ0v) is 13.2. The van der Waals surface area contributed by atoms with Crippen molar-refractivity contribution in [3.63, 3.8) is 0 Å². The second-order valence-corrected chi connectivity index (χ2v) is 6.74. The summed E-state index contributed by atoms with van der Waals surface area (Å²) >= 11 is 5.75. The summed E-state index contributed by atoms with van der Waals surface area (Å²) in [6.45, 7) is 0. The first kappa shape index (κ1) is 15.6. The van der Waals surface area contributed by atoms with Gasteiger partial charge in [0.25, 0.3) is 0 Å². The number of fused-ring (bicyclic) bond motifs is 1. The normalized spacial score (nSPS) is 11.6. The maximum absolute atomic E-state index is 13.7. The second-order valence-electron chi connectivity index (χ2n) is 4.73. The van der Waals surface area contributed by atoms with Crippen LogP contribution in [-0.4, -0.2) is 18.4 Å². The summed E-state index contributed by atoms with van der Waals surface area (Å²) in [5.74, 6) is -1.20. The highest BCUT2D eigenvalue weighted by Gasteiger charge is 2.17. The van der Waals surface area contributed by atoms with Crippen LogP contribution in [0.2, 0.25) is 5.02 Å². The molecule has 0 aliphatic carbocycles. The standard InChI is InChI=1S/C15H10ClFN2O3S/c16-11-1-3-13(17)10(7-11)9-23(20,21)22-12-2-4-14-15(8-12)19-6-5-18-14/h1-8H,9H2. The molecule has 0 saturated heterocycles. The minimum absolute atomic E-state index is 0.0573. The van der Waals surface area contributed by atoms with Gasteiger partial charge in [0.05, 0.1) is 11.0 Å². The van der Waals surface area contributed by atoms with E-state index in [1.807, 2.05) is 0 Å². The van der Waals surface area contributed by atoms with Gasteiger partial charge in [-0.25, -0.2) is 4.39 Å². The quantitative estimate of drug-likeness (QED) is 0.674. The molecule has 3 aromatic rings. The van der Waals surface area contributed by atoms with E-state index < -0.39 is 21.7 Å². The average molecular weight is 353 g/mol. The first-order valence-corrected chi connectivity index (χ1v) is 8.45. The molecule has 2 aromatic carbocycles. The number of benzene rings is 2. The molecule has 0 saturated carbocycles. The van der Waals surface area contributed by atoms with E-state index in [4.69, 9.17) is 15.8 Å². The van der Waals surface area contributed by atoms with Crippen LogP contribution in [0.15, 0.2) is 48.8 Å². The molecule has 118 valence electrons. The number of hydrogen-bond acceptors (Lipinski definition) is 5. The molecular formula is C15H10ClFN2O3S. The van der Waals surface area contributed by atoms with E-state index in [9.17, 15) is 12.8 Å². The monoisotopic (exact) mass is 352 g/mol. The third-order valence-corrected chi connectivity index (χ3v) is 4.35. The van der Waals surface area contributed by atoms with E-state index in [2.05, 4.69) is 9.97 Å². The maximum Gasteiger partial charge on any atom is 0.313 e. The number of nitrogens with zero attached hydrogens (tertiary/aromatic N) is 2.